The van der Waals surface area contributed by atoms with Crippen LogP contribution in [-0.2, 0) is 11.2 Å². The number of carbonyl (C=O) groups excluding carboxylic acids is 3. The summed E-state index contributed by atoms with van der Waals surface area (Å²) in [5.41, 5.74) is 7.56. The predicted molar refractivity (Wildman–Crippen MR) is 167 cm³/mol. The summed E-state index contributed by atoms with van der Waals surface area (Å²) < 4.78 is 0. The molecule has 2 aliphatic rings. The van der Waals surface area contributed by atoms with Crippen molar-refractivity contribution in [2.75, 3.05) is 5.32 Å². The first-order valence-electron chi connectivity index (χ1n) is 14.5. The van der Waals surface area contributed by atoms with Gasteiger partial charge in [0.15, 0.2) is 0 Å². The number of hydrogen-bond acceptors (Lipinski definition) is 4. The molecule has 4 aromatic rings. The van der Waals surface area contributed by atoms with E-state index in [0.717, 1.165) is 23.1 Å². The number of H-pyrrole nitrogens is 1. The number of aromatic amines is 1. The van der Waals surface area contributed by atoms with Gasteiger partial charge in [0.05, 0.1) is 29.3 Å². The molecule has 3 atom stereocenters. The second-order valence-corrected chi connectivity index (χ2v) is 11.3. The first kappa shape index (κ1) is 28.2. The monoisotopic (exact) mass is 574 g/mol. The van der Waals surface area contributed by atoms with Crippen molar-refractivity contribution < 1.29 is 19.5 Å². The van der Waals surface area contributed by atoms with Crippen LogP contribution in [0.5, 0.6) is 0 Å². The van der Waals surface area contributed by atoms with Crippen molar-refractivity contribution in [2.24, 2.45) is 0 Å². The van der Waals surface area contributed by atoms with E-state index in [1.807, 2.05) is 75.4 Å². The van der Waals surface area contributed by atoms with Crippen molar-refractivity contribution in [2.45, 2.75) is 51.8 Å². The second-order valence-electron chi connectivity index (χ2n) is 11.3. The Kier molecular flexibility index (Phi) is 7.46. The number of aromatic nitrogens is 1. The number of rotatable bonds is 6. The van der Waals surface area contributed by atoms with Crippen LogP contribution in [0.4, 0.5) is 5.69 Å². The van der Waals surface area contributed by atoms with E-state index in [2.05, 4.69) is 20.9 Å². The van der Waals surface area contributed by atoms with Crippen LogP contribution in [0.3, 0.4) is 0 Å². The Bertz CT molecular complexity index is 1770. The van der Waals surface area contributed by atoms with Crippen LogP contribution in [-0.4, -0.2) is 33.9 Å². The molecule has 218 valence electrons. The number of carbonyl (C=O) groups is 3. The molecule has 1 aromatic heterocycles. The lowest BCUT2D eigenvalue weighted by molar-refractivity contribution is -0.110. The minimum Gasteiger partial charge on any atom is -0.391 e. The van der Waals surface area contributed by atoms with Gasteiger partial charge in [-0.2, -0.15) is 0 Å². The topological polar surface area (TPSA) is 123 Å². The van der Waals surface area contributed by atoms with E-state index >= 15 is 0 Å². The molecule has 0 saturated heterocycles. The Hall–Kier alpha value is -4.95. The normalized spacial score (nSPS) is 18.9. The van der Waals surface area contributed by atoms with Crippen molar-refractivity contribution in [1.29, 1.82) is 0 Å². The van der Waals surface area contributed by atoms with E-state index in [4.69, 9.17) is 0 Å². The molecule has 2 heterocycles. The molecule has 5 N–H and O–H groups in total. The van der Waals surface area contributed by atoms with Gasteiger partial charge in [-0.25, -0.2) is 0 Å². The molecule has 8 heteroatoms. The van der Waals surface area contributed by atoms with Crippen molar-refractivity contribution in [1.82, 2.24) is 15.6 Å². The third kappa shape index (κ3) is 5.37. The molecule has 1 aliphatic heterocycles. The average molecular weight is 575 g/mol. The summed E-state index contributed by atoms with van der Waals surface area (Å²) in [7, 11) is 0. The smallest absolute Gasteiger partial charge is 0.256 e. The number of nitrogens with one attached hydrogen (secondary N) is 4. The minimum atomic E-state index is -0.680. The van der Waals surface area contributed by atoms with Crippen LogP contribution < -0.4 is 16.0 Å². The van der Waals surface area contributed by atoms with Gasteiger partial charge in [-0.3, -0.25) is 14.4 Å². The van der Waals surface area contributed by atoms with Crippen LogP contribution >= 0.6 is 0 Å². The lowest BCUT2D eigenvalue weighted by Crippen LogP contribution is -2.39. The Labute approximate surface area is 250 Å². The Balaban J connectivity index is 1.26. The first-order chi connectivity index (χ1) is 20.7. The first-order valence-corrected chi connectivity index (χ1v) is 14.5. The van der Waals surface area contributed by atoms with Gasteiger partial charge in [-0.05, 0) is 80.1 Å². The maximum atomic E-state index is 13.5. The summed E-state index contributed by atoms with van der Waals surface area (Å²) in [6, 6.07) is 22.0. The molecule has 0 fully saturated rings. The second kappa shape index (κ2) is 11.4. The molecule has 6 rings (SSSR count). The molecular weight excluding hydrogens is 540 g/mol. The van der Waals surface area contributed by atoms with Gasteiger partial charge in [0.2, 0.25) is 0 Å². The van der Waals surface area contributed by atoms with Crippen molar-refractivity contribution in [3.05, 3.63) is 123 Å². The predicted octanol–water partition coefficient (Wildman–Crippen LogP) is 5.39. The fourth-order valence-corrected chi connectivity index (χ4v) is 6.11. The minimum absolute atomic E-state index is 0.186. The summed E-state index contributed by atoms with van der Waals surface area (Å²) in [5, 5.41) is 19.7. The number of hydrogen-bond donors (Lipinski definition) is 5. The van der Waals surface area contributed by atoms with E-state index in [9.17, 15) is 19.5 Å². The third-order valence-corrected chi connectivity index (χ3v) is 8.47. The van der Waals surface area contributed by atoms with Gasteiger partial charge >= 0.3 is 0 Å². The van der Waals surface area contributed by atoms with Gasteiger partial charge in [-0.1, -0.05) is 54.6 Å². The Morgan fingerprint density at radius 2 is 1.74 bits per heavy atom. The van der Waals surface area contributed by atoms with Crippen molar-refractivity contribution in [3.8, 4) is 0 Å². The zero-order valence-corrected chi connectivity index (χ0v) is 24.3. The van der Waals surface area contributed by atoms with E-state index in [1.54, 1.807) is 24.3 Å². The highest BCUT2D eigenvalue weighted by Gasteiger charge is 2.31. The van der Waals surface area contributed by atoms with Crippen LogP contribution in [0, 0.1) is 13.8 Å². The molecule has 3 unspecified atom stereocenters. The Morgan fingerprint density at radius 3 is 2.53 bits per heavy atom. The van der Waals surface area contributed by atoms with Crippen LogP contribution in [0.2, 0.25) is 0 Å². The van der Waals surface area contributed by atoms with Gasteiger partial charge in [-0.15, -0.1) is 0 Å². The Morgan fingerprint density at radius 1 is 1.00 bits per heavy atom. The average Bonchev–Trinajstić information content (AvgIpc) is 3.47. The van der Waals surface area contributed by atoms with Gasteiger partial charge in [0, 0.05) is 28.2 Å². The summed E-state index contributed by atoms with van der Waals surface area (Å²) in [6.45, 7) is 5.57. The molecule has 0 bridgehead atoms. The van der Waals surface area contributed by atoms with Gasteiger partial charge in [0.1, 0.15) is 0 Å². The van der Waals surface area contributed by atoms with Crippen LogP contribution in [0.1, 0.15) is 85.3 Å². The molecule has 1 aliphatic carbocycles. The number of amides is 3. The number of fused-ring (bicyclic) bond motifs is 2. The number of anilines is 1. The molecule has 0 spiro atoms. The molecular formula is C35H34N4O4. The molecule has 43 heavy (non-hydrogen) atoms. The van der Waals surface area contributed by atoms with Gasteiger partial charge in [0.25, 0.3) is 17.7 Å². The number of aliphatic hydroxyl groups is 1. The van der Waals surface area contributed by atoms with E-state index in [0.29, 0.717) is 51.3 Å². The lowest BCUT2D eigenvalue weighted by atomic mass is 9.85. The highest BCUT2D eigenvalue weighted by molar-refractivity contribution is 6.35. The van der Waals surface area contributed by atoms with Crippen molar-refractivity contribution in [3.63, 3.8) is 0 Å². The van der Waals surface area contributed by atoms with E-state index in [-0.39, 0.29) is 23.8 Å². The van der Waals surface area contributed by atoms with Crippen molar-refractivity contribution >= 4 is 35.1 Å². The quantitative estimate of drug-likeness (QED) is 0.198. The number of aryl methyl sites for hydroxylation is 2. The summed E-state index contributed by atoms with van der Waals surface area (Å²) in [4.78, 5) is 43.0. The molecule has 8 nitrogen and oxygen atoms in total. The summed E-state index contributed by atoms with van der Waals surface area (Å²) in [6.07, 6.45) is 2.38. The zero-order valence-electron chi connectivity index (χ0n) is 24.3. The summed E-state index contributed by atoms with van der Waals surface area (Å²) in [5.74, 6) is -0.820. The number of aliphatic hydroxyl groups excluding tert-OH is 1. The largest absolute Gasteiger partial charge is 0.391 e. The van der Waals surface area contributed by atoms with E-state index < -0.39 is 12.1 Å². The fraction of sp³-hybridized carbons (Fsp3) is 0.229. The van der Waals surface area contributed by atoms with Gasteiger partial charge < -0.3 is 26.0 Å². The number of benzene rings is 3. The fourth-order valence-electron chi connectivity index (χ4n) is 6.11. The highest BCUT2D eigenvalue weighted by atomic mass is 16.3. The summed E-state index contributed by atoms with van der Waals surface area (Å²) >= 11 is 0. The lowest BCUT2D eigenvalue weighted by Gasteiger charge is -2.31. The molecule has 3 aromatic carbocycles. The molecule has 0 radical (unpaired) electrons. The van der Waals surface area contributed by atoms with Crippen LogP contribution in [0.25, 0.3) is 11.6 Å². The molecule has 3 amide bonds. The maximum absolute atomic E-state index is 13.5. The molecule has 0 saturated carbocycles. The third-order valence-electron chi connectivity index (χ3n) is 8.47. The SMILES string of the molecule is Cc1[nH]c(/C=C2\C(=O)Nc3ccc(C(=O)NC(C)c4ccccc4)cc32)c(C)c1C(=O)NC1c2ccccc2CCC1O. The van der Waals surface area contributed by atoms with E-state index in [1.165, 1.54) is 0 Å². The van der Waals surface area contributed by atoms with Crippen LogP contribution in [0.15, 0.2) is 72.8 Å². The maximum Gasteiger partial charge on any atom is 0.256 e. The standard InChI is InChI=1S/C35H34N4O4/c1-19-29(36-21(3)31(19)35(43)39-32-25-12-8-7-11-23(25)14-16-30(32)40)18-27-26-17-24(13-15-28(26)38-34(27)42)33(41)37-20(2)22-9-5-4-6-10-22/h4-13,15,17-18,20,30,32,36,40H,14,16H2,1-3H3,(H,37,41)(H,38,42)(H,39,43)/b27-18-. The highest BCUT2D eigenvalue weighted by Crippen LogP contribution is 2.35. The zero-order chi connectivity index (χ0) is 30.2.